The lowest BCUT2D eigenvalue weighted by Crippen LogP contribution is -2.46. The van der Waals surface area contributed by atoms with Gasteiger partial charge >= 0.3 is 0 Å². The van der Waals surface area contributed by atoms with Gasteiger partial charge in [-0.05, 0) is 25.8 Å². The monoisotopic (exact) mass is 338 g/mol. The van der Waals surface area contributed by atoms with Crippen molar-refractivity contribution in [2.45, 2.75) is 38.6 Å². The van der Waals surface area contributed by atoms with E-state index in [1.165, 1.54) is 6.20 Å². The Morgan fingerprint density at radius 3 is 2.56 bits per heavy atom. The highest BCUT2D eigenvalue weighted by Crippen LogP contribution is 2.26. The quantitative estimate of drug-likeness (QED) is 0.841. The Morgan fingerprint density at radius 1 is 1.32 bits per heavy atom. The Bertz CT molecular complexity index is 775. The summed E-state index contributed by atoms with van der Waals surface area (Å²) in [7, 11) is 0. The summed E-state index contributed by atoms with van der Waals surface area (Å²) in [6.07, 6.45) is 3.68. The average molecular weight is 338 g/mol. The zero-order valence-corrected chi connectivity index (χ0v) is 14.7. The second kappa shape index (κ2) is 7.86. The standard InChI is InChI=1S/C19H22N4O2/c1-4-15(12-24)23-18(25)19(2,3)14-7-5-13(6-8-14)17-11-21-10-16(9-20)22-17/h5-8,10-11,15,24H,4,12H2,1-3H3,(H,23,25)/t15-/m0/s1. The van der Waals surface area contributed by atoms with Crippen molar-refractivity contribution in [3.8, 4) is 17.3 Å². The van der Waals surface area contributed by atoms with E-state index in [1.807, 2.05) is 51.1 Å². The van der Waals surface area contributed by atoms with E-state index in [9.17, 15) is 9.90 Å². The molecule has 0 bridgehead atoms. The van der Waals surface area contributed by atoms with Gasteiger partial charge in [0.15, 0.2) is 5.69 Å². The molecule has 0 radical (unpaired) electrons. The molecule has 2 N–H and O–H groups in total. The van der Waals surface area contributed by atoms with Crippen LogP contribution < -0.4 is 5.32 Å². The first-order valence-corrected chi connectivity index (χ1v) is 8.17. The van der Waals surface area contributed by atoms with Crippen molar-refractivity contribution in [3.63, 3.8) is 0 Å². The molecule has 1 heterocycles. The van der Waals surface area contributed by atoms with Gasteiger partial charge in [-0.3, -0.25) is 9.78 Å². The normalized spacial score (nSPS) is 12.3. The lowest BCUT2D eigenvalue weighted by atomic mass is 9.83. The molecule has 0 aliphatic rings. The predicted molar refractivity (Wildman–Crippen MR) is 94.5 cm³/mol. The molecule has 25 heavy (non-hydrogen) atoms. The number of aliphatic hydroxyl groups is 1. The van der Waals surface area contributed by atoms with Crippen LogP contribution in [0.2, 0.25) is 0 Å². The van der Waals surface area contributed by atoms with Crippen LogP contribution in [0.5, 0.6) is 0 Å². The van der Waals surface area contributed by atoms with Crippen LogP contribution in [0.1, 0.15) is 38.4 Å². The first-order chi connectivity index (χ1) is 11.9. The number of carbonyl (C=O) groups excluding carboxylic acids is 1. The zero-order valence-electron chi connectivity index (χ0n) is 14.7. The van der Waals surface area contributed by atoms with E-state index in [-0.39, 0.29) is 24.2 Å². The molecule has 6 heteroatoms. The molecule has 0 unspecified atom stereocenters. The fraction of sp³-hybridized carbons (Fsp3) is 0.368. The van der Waals surface area contributed by atoms with Crippen LogP contribution in [0, 0.1) is 11.3 Å². The predicted octanol–water partition coefficient (Wildman–Crippen LogP) is 2.18. The van der Waals surface area contributed by atoms with E-state index in [2.05, 4.69) is 15.3 Å². The van der Waals surface area contributed by atoms with Gasteiger partial charge in [0.05, 0.1) is 36.2 Å². The van der Waals surface area contributed by atoms with Crippen LogP contribution in [-0.4, -0.2) is 33.6 Å². The van der Waals surface area contributed by atoms with Crippen LogP contribution >= 0.6 is 0 Å². The smallest absolute Gasteiger partial charge is 0.230 e. The fourth-order valence-corrected chi connectivity index (χ4v) is 2.39. The molecular formula is C19H22N4O2. The van der Waals surface area contributed by atoms with Crippen molar-refractivity contribution < 1.29 is 9.90 Å². The first kappa shape index (κ1) is 18.6. The Morgan fingerprint density at radius 2 is 2.00 bits per heavy atom. The van der Waals surface area contributed by atoms with Crippen LogP contribution in [0.4, 0.5) is 0 Å². The van der Waals surface area contributed by atoms with Crippen molar-refractivity contribution in [1.82, 2.24) is 15.3 Å². The summed E-state index contributed by atoms with van der Waals surface area (Å²) >= 11 is 0. The van der Waals surface area contributed by atoms with Crippen molar-refractivity contribution in [2.75, 3.05) is 6.61 Å². The minimum Gasteiger partial charge on any atom is -0.394 e. The van der Waals surface area contributed by atoms with E-state index in [1.54, 1.807) is 6.20 Å². The van der Waals surface area contributed by atoms with Gasteiger partial charge < -0.3 is 10.4 Å². The molecule has 1 atom stereocenters. The number of benzene rings is 1. The number of aliphatic hydroxyl groups excluding tert-OH is 1. The van der Waals surface area contributed by atoms with E-state index in [0.717, 1.165) is 11.1 Å². The lowest BCUT2D eigenvalue weighted by Gasteiger charge is -2.27. The number of hydrogen-bond acceptors (Lipinski definition) is 5. The topological polar surface area (TPSA) is 98.9 Å². The Kier molecular flexibility index (Phi) is 5.84. The maximum Gasteiger partial charge on any atom is 0.230 e. The molecule has 1 aromatic carbocycles. The van der Waals surface area contributed by atoms with Gasteiger partial charge in [-0.25, -0.2) is 4.98 Å². The van der Waals surface area contributed by atoms with E-state index in [0.29, 0.717) is 12.1 Å². The third kappa shape index (κ3) is 4.20. The number of nitrogens with one attached hydrogen (secondary N) is 1. The van der Waals surface area contributed by atoms with Crippen molar-refractivity contribution in [2.24, 2.45) is 0 Å². The summed E-state index contributed by atoms with van der Waals surface area (Å²) < 4.78 is 0. The first-order valence-electron chi connectivity index (χ1n) is 8.17. The summed E-state index contributed by atoms with van der Waals surface area (Å²) in [4.78, 5) is 20.8. The lowest BCUT2D eigenvalue weighted by molar-refractivity contribution is -0.126. The van der Waals surface area contributed by atoms with Crippen molar-refractivity contribution >= 4 is 5.91 Å². The minimum atomic E-state index is -0.735. The molecule has 2 rings (SSSR count). The molecule has 1 amide bonds. The molecule has 0 aliphatic carbocycles. The number of rotatable bonds is 6. The van der Waals surface area contributed by atoms with E-state index in [4.69, 9.17) is 5.26 Å². The van der Waals surface area contributed by atoms with Crippen LogP contribution in [0.15, 0.2) is 36.7 Å². The van der Waals surface area contributed by atoms with E-state index < -0.39 is 5.41 Å². The Hall–Kier alpha value is -2.78. The number of nitrogens with zero attached hydrogens (tertiary/aromatic N) is 3. The molecule has 0 spiro atoms. The van der Waals surface area contributed by atoms with Crippen LogP contribution in [0.3, 0.4) is 0 Å². The molecule has 0 fully saturated rings. The number of amides is 1. The van der Waals surface area contributed by atoms with Gasteiger partial charge in [-0.1, -0.05) is 31.2 Å². The number of hydrogen-bond donors (Lipinski definition) is 2. The minimum absolute atomic E-state index is 0.0782. The molecule has 0 saturated carbocycles. The Balaban J connectivity index is 2.23. The summed E-state index contributed by atoms with van der Waals surface area (Å²) in [6, 6.07) is 9.19. The number of nitriles is 1. The molecule has 130 valence electrons. The summed E-state index contributed by atoms with van der Waals surface area (Å²) in [5.74, 6) is -0.132. The number of carbonyl (C=O) groups is 1. The molecular weight excluding hydrogens is 316 g/mol. The van der Waals surface area contributed by atoms with Gasteiger partial charge in [0.2, 0.25) is 5.91 Å². The largest absolute Gasteiger partial charge is 0.394 e. The molecule has 2 aromatic rings. The molecule has 0 saturated heterocycles. The van der Waals surface area contributed by atoms with Crippen LogP contribution in [-0.2, 0) is 10.2 Å². The summed E-state index contributed by atoms with van der Waals surface area (Å²) in [5, 5.41) is 21.1. The van der Waals surface area contributed by atoms with Crippen molar-refractivity contribution in [1.29, 1.82) is 5.26 Å². The van der Waals surface area contributed by atoms with Gasteiger partial charge in [0, 0.05) is 5.56 Å². The van der Waals surface area contributed by atoms with Gasteiger partial charge in [-0.2, -0.15) is 5.26 Å². The van der Waals surface area contributed by atoms with Gasteiger partial charge in [-0.15, -0.1) is 0 Å². The third-order valence-corrected chi connectivity index (χ3v) is 4.27. The van der Waals surface area contributed by atoms with E-state index >= 15 is 0 Å². The zero-order chi connectivity index (χ0) is 18.4. The Labute approximate surface area is 147 Å². The van der Waals surface area contributed by atoms with Gasteiger partial charge in [0.1, 0.15) is 6.07 Å². The molecule has 0 aliphatic heterocycles. The third-order valence-electron chi connectivity index (χ3n) is 4.27. The molecule has 1 aromatic heterocycles. The molecule has 6 nitrogen and oxygen atoms in total. The SMILES string of the molecule is CC[C@@H](CO)NC(=O)C(C)(C)c1ccc(-c2cncc(C#N)n2)cc1. The number of aromatic nitrogens is 2. The summed E-state index contributed by atoms with van der Waals surface area (Å²) in [6.45, 7) is 5.53. The van der Waals surface area contributed by atoms with Gasteiger partial charge in [0.25, 0.3) is 0 Å². The second-order valence-corrected chi connectivity index (χ2v) is 6.36. The van der Waals surface area contributed by atoms with Crippen molar-refractivity contribution in [3.05, 3.63) is 47.9 Å². The highest BCUT2D eigenvalue weighted by Gasteiger charge is 2.30. The summed E-state index contributed by atoms with van der Waals surface area (Å²) in [5.41, 5.74) is 1.81. The van der Waals surface area contributed by atoms with Crippen LogP contribution in [0.25, 0.3) is 11.3 Å². The average Bonchev–Trinajstić information content (AvgIpc) is 2.65. The highest BCUT2D eigenvalue weighted by atomic mass is 16.3. The maximum atomic E-state index is 12.6. The highest BCUT2D eigenvalue weighted by molar-refractivity contribution is 5.87. The fourth-order valence-electron chi connectivity index (χ4n) is 2.39. The maximum absolute atomic E-state index is 12.6. The second-order valence-electron chi connectivity index (χ2n) is 6.36.